The average Bonchev–Trinajstić information content (AvgIpc) is 2.90. The van der Waals surface area contributed by atoms with Crippen molar-refractivity contribution in [1.82, 2.24) is 10.2 Å². The van der Waals surface area contributed by atoms with Gasteiger partial charge in [0.25, 0.3) is 5.91 Å². The lowest BCUT2D eigenvalue weighted by Crippen LogP contribution is -2.53. The van der Waals surface area contributed by atoms with Crippen LogP contribution < -0.4 is 14.8 Å². The van der Waals surface area contributed by atoms with Gasteiger partial charge in [0.15, 0.2) is 18.1 Å². The highest BCUT2D eigenvalue weighted by molar-refractivity contribution is 5.88. The van der Waals surface area contributed by atoms with Gasteiger partial charge in [-0.3, -0.25) is 9.59 Å². The summed E-state index contributed by atoms with van der Waals surface area (Å²) in [7, 11) is 1.56. The van der Waals surface area contributed by atoms with Gasteiger partial charge < -0.3 is 19.7 Å². The molecule has 1 N–H and O–H groups in total. The molecule has 0 fully saturated rings. The minimum atomic E-state index is -0.698. The molecule has 3 aromatic carbocycles. The third-order valence-corrected chi connectivity index (χ3v) is 6.17. The third kappa shape index (κ3) is 7.60. The molecule has 0 heterocycles. The van der Waals surface area contributed by atoms with Gasteiger partial charge in [0.1, 0.15) is 6.04 Å². The molecule has 2 atom stereocenters. The van der Waals surface area contributed by atoms with Crippen molar-refractivity contribution in [2.45, 2.75) is 52.2 Å². The number of para-hydroxylation sites is 2. The monoisotopic (exact) mass is 488 g/mol. The number of aryl methyl sites for hydroxylation is 1. The first kappa shape index (κ1) is 26.8. The van der Waals surface area contributed by atoms with Gasteiger partial charge in [-0.05, 0) is 43.5 Å². The minimum absolute atomic E-state index is 0.00284. The summed E-state index contributed by atoms with van der Waals surface area (Å²) >= 11 is 0. The Labute approximate surface area is 214 Å². The lowest BCUT2D eigenvalue weighted by atomic mass is 10.0. The highest BCUT2D eigenvalue weighted by atomic mass is 16.5. The van der Waals surface area contributed by atoms with Crippen molar-refractivity contribution in [2.75, 3.05) is 13.7 Å². The van der Waals surface area contributed by atoms with Gasteiger partial charge in [0.2, 0.25) is 5.91 Å². The first-order valence-corrected chi connectivity index (χ1v) is 12.4. The number of benzene rings is 3. The molecule has 2 amide bonds. The molecule has 0 aliphatic rings. The number of hydrogen-bond donors (Lipinski definition) is 1. The highest BCUT2D eigenvalue weighted by Gasteiger charge is 2.31. The van der Waals surface area contributed by atoms with Crippen LogP contribution in [0.5, 0.6) is 11.5 Å². The number of hydrogen-bond acceptors (Lipinski definition) is 4. The Morgan fingerprint density at radius 2 is 1.53 bits per heavy atom. The fourth-order valence-electron chi connectivity index (χ4n) is 3.85. The van der Waals surface area contributed by atoms with Gasteiger partial charge in [-0.1, -0.05) is 79.2 Å². The van der Waals surface area contributed by atoms with Crippen LogP contribution in [0.2, 0.25) is 0 Å². The number of carbonyl (C=O) groups is 2. The first-order chi connectivity index (χ1) is 17.4. The van der Waals surface area contributed by atoms with Gasteiger partial charge in [0, 0.05) is 19.0 Å². The number of ether oxygens (including phenoxy) is 2. The van der Waals surface area contributed by atoms with Crippen LogP contribution in [-0.2, 0) is 22.6 Å². The van der Waals surface area contributed by atoms with Crippen molar-refractivity contribution >= 4 is 11.8 Å². The van der Waals surface area contributed by atoms with Crippen LogP contribution in [0.15, 0.2) is 78.9 Å². The van der Waals surface area contributed by atoms with Crippen LogP contribution >= 0.6 is 0 Å². The van der Waals surface area contributed by atoms with Crippen molar-refractivity contribution in [3.05, 3.63) is 95.6 Å². The molecular formula is C30H36N2O4. The maximum Gasteiger partial charge on any atom is 0.261 e. The SMILES string of the molecule is CC[C@H](C)NC(=O)[C@H](Cc1ccccc1)N(Cc1ccc(C)cc1)C(=O)COc1ccccc1OC. The molecule has 0 unspecified atom stereocenters. The highest BCUT2D eigenvalue weighted by Crippen LogP contribution is 2.26. The van der Waals surface area contributed by atoms with E-state index in [2.05, 4.69) is 5.32 Å². The van der Waals surface area contributed by atoms with Crippen molar-refractivity contribution in [2.24, 2.45) is 0 Å². The molecular weight excluding hydrogens is 452 g/mol. The molecule has 0 saturated heterocycles. The van der Waals surface area contributed by atoms with E-state index < -0.39 is 6.04 Å². The van der Waals surface area contributed by atoms with Crippen LogP contribution in [0, 0.1) is 6.92 Å². The smallest absolute Gasteiger partial charge is 0.261 e. The largest absolute Gasteiger partial charge is 0.493 e. The van der Waals surface area contributed by atoms with Crippen LogP contribution in [0.1, 0.15) is 37.0 Å². The lowest BCUT2D eigenvalue weighted by molar-refractivity contribution is -0.143. The Morgan fingerprint density at radius 3 is 2.17 bits per heavy atom. The van der Waals surface area contributed by atoms with E-state index in [1.165, 1.54) is 0 Å². The van der Waals surface area contributed by atoms with Crippen molar-refractivity contribution < 1.29 is 19.1 Å². The molecule has 3 rings (SSSR count). The van der Waals surface area contributed by atoms with Gasteiger partial charge in [0.05, 0.1) is 7.11 Å². The van der Waals surface area contributed by atoms with E-state index in [1.54, 1.807) is 24.1 Å². The van der Waals surface area contributed by atoms with Crippen LogP contribution in [0.4, 0.5) is 0 Å². The molecule has 3 aromatic rings. The zero-order valence-corrected chi connectivity index (χ0v) is 21.6. The van der Waals surface area contributed by atoms with E-state index in [4.69, 9.17) is 9.47 Å². The fraction of sp³-hybridized carbons (Fsp3) is 0.333. The van der Waals surface area contributed by atoms with Crippen LogP contribution in [0.3, 0.4) is 0 Å². The Balaban J connectivity index is 1.92. The van der Waals surface area contributed by atoms with E-state index in [-0.39, 0.29) is 24.5 Å². The van der Waals surface area contributed by atoms with Crippen molar-refractivity contribution in [3.8, 4) is 11.5 Å². The van der Waals surface area contributed by atoms with Gasteiger partial charge in [-0.25, -0.2) is 0 Å². The number of nitrogens with zero attached hydrogens (tertiary/aromatic N) is 1. The van der Waals surface area contributed by atoms with Gasteiger partial charge in [-0.2, -0.15) is 0 Å². The van der Waals surface area contributed by atoms with E-state index >= 15 is 0 Å². The van der Waals surface area contributed by atoms with Crippen LogP contribution in [-0.4, -0.2) is 42.5 Å². The second-order valence-electron chi connectivity index (χ2n) is 8.97. The Hall–Kier alpha value is -3.80. The van der Waals surface area contributed by atoms with E-state index in [1.807, 2.05) is 87.5 Å². The summed E-state index contributed by atoms with van der Waals surface area (Å²) < 4.78 is 11.2. The zero-order valence-electron chi connectivity index (χ0n) is 21.6. The topological polar surface area (TPSA) is 67.9 Å². The predicted octanol–water partition coefficient (Wildman–Crippen LogP) is 4.94. The molecule has 0 aromatic heterocycles. The summed E-state index contributed by atoms with van der Waals surface area (Å²) in [5, 5.41) is 3.08. The van der Waals surface area contributed by atoms with E-state index in [9.17, 15) is 9.59 Å². The molecule has 0 radical (unpaired) electrons. The number of amides is 2. The summed E-state index contributed by atoms with van der Waals surface area (Å²) in [5.41, 5.74) is 3.06. The van der Waals surface area contributed by atoms with E-state index in [0.717, 1.165) is 23.1 Å². The molecule has 6 nitrogen and oxygen atoms in total. The lowest BCUT2D eigenvalue weighted by Gasteiger charge is -2.32. The Bertz CT molecular complexity index is 1120. The summed E-state index contributed by atoms with van der Waals surface area (Å²) in [6.45, 7) is 6.08. The number of nitrogens with one attached hydrogen (secondary N) is 1. The third-order valence-electron chi connectivity index (χ3n) is 6.17. The van der Waals surface area contributed by atoms with Crippen LogP contribution in [0.25, 0.3) is 0 Å². The summed E-state index contributed by atoms with van der Waals surface area (Å²) in [6.07, 6.45) is 1.20. The normalized spacial score (nSPS) is 12.3. The second kappa shape index (κ2) is 13.3. The van der Waals surface area contributed by atoms with Crippen molar-refractivity contribution in [1.29, 1.82) is 0 Å². The standard InChI is InChI=1S/C30H36N2O4/c1-5-23(3)31-30(34)26(19-24-11-7-6-8-12-24)32(20-25-17-15-22(2)16-18-25)29(33)21-36-28-14-10-9-13-27(28)35-4/h6-18,23,26H,5,19-21H2,1-4H3,(H,31,34)/t23-,26-/m0/s1. The average molecular weight is 489 g/mol. The second-order valence-corrected chi connectivity index (χ2v) is 8.97. The molecule has 6 heteroatoms. The van der Waals surface area contributed by atoms with Gasteiger partial charge in [-0.15, -0.1) is 0 Å². The quantitative estimate of drug-likeness (QED) is 0.392. The molecule has 0 aliphatic heterocycles. The summed E-state index contributed by atoms with van der Waals surface area (Å²) in [6, 6.07) is 24.3. The molecule has 0 spiro atoms. The zero-order chi connectivity index (χ0) is 25.9. The number of carbonyl (C=O) groups excluding carboxylic acids is 2. The molecule has 190 valence electrons. The molecule has 0 aliphatic carbocycles. The maximum absolute atomic E-state index is 13.7. The summed E-state index contributed by atoms with van der Waals surface area (Å²) in [5.74, 6) is 0.575. The molecule has 36 heavy (non-hydrogen) atoms. The minimum Gasteiger partial charge on any atom is -0.493 e. The first-order valence-electron chi connectivity index (χ1n) is 12.4. The number of methoxy groups -OCH3 is 1. The maximum atomic E-state index is 13.7. The van der Waals surface area contributed by atoms with Crippen molar-refractivity contribution in [3.63, 3.8) is 0 Å². The van der Waals surface area contributed by atoms with E-state index in [0.29, 0.717) is 24.5 Å². The number of rotatable bonds is 12. The Kier molecular flexibility index (Phi) is 9.92. The Morgan fingerprint density at radius 1 is 0.889 bits per heavy atom. The molecule has 0 bridgehead atoms. The summed E-state index contributed by atoms with van der Waals surface area (Å²) in [4.78, 5) is 28.8. The molecule has 0 saturated carbocycles. The predicted molar refractivity (Wildman–Crippen MR) is 142 cm³/mol. The fourth-order valence-corrected chi connectivity index (χ4v) is 3.85. The van der Waals surface area contributed by atoms with Gasteiger partial charge >= 0.3 is 0 Å².